The van der Waals surface area contributed by atoms with Crippen molar-refractivity contribution < 1.29 is 41.0 Å². The number of hydrogen-bond acceptors (Lipinski definition) is 6. The van der Waals surface area contributed by atoms with Gasteiger partial charge in [-0.3, -0.25) is 0 Å². The maximum Gasteiger partial charge on any atom is 0.490 e. The first kappa shape index (κ1) is 21.8. The topological polar surface area (TPSA) is 106 Å². The molecule has 1 aromatic rings. The van der Waals surface area contributed by atoms with Gasteiger partial charge in [0.1, 0.15) is 6.10 Å². The highest BCUT2D eigenvalue weighted by Gasteiger charge is 2.51. The lowest BCUT2D eigenvalue weighted by Gasteiger charge is -2.23. The third-order valence-corrected chi connectivity index (χ3v) is 7.27. The van der Waals surface area contributed by atoms with E-state index in [4.69, 9.17) is 19.4 Å². The molecule has 1 saturated carbocycles. The van der Waals surface area contributed by atoms with E-state index in [1.165, 1.54) is 0 Å². The fourth-order valence-electron chi connectivity index (χ4n) is 3.35. The SMILES string of the molecule is O=C(O)C(F)(F)F.O=S(=O)(C1CC1)N1CC[C@]2(C[C@H](Oc3ccccn3)CO2)C1. The summed E-state index contributed by atoms with van der Waals surface area (Å²) in [6.45, 7) is 1.52. The van der Waals surface area contributed by atoms with Crippen LogP contribution in [-0.4, -0.2) is 71.6 Å². The van der Waals surface area contributed by atoms with E-state index < -0.39 is 22.2 Å². The summed E-state index contributed by atoms with van der Waals surface area (Å²) >= 11 is 0. The zero-order valence-electron chi connectivity index (χ0n) is 15.3. The number of aromatic nitrogens is 1. The minimum absolute atomic E-state index is 0.0570. The molecule has 162 valence electrons. The molecule has 3 heterocycles. The summed E-state index contributed by atoms with van der Waals surface area (Å²) < 4.78 is 69.8. The van der Waals surface area contributed by atoms with Crippen molar-refractivity contribution in [2.45, 2.75) is 48.8 Å². The summed E-state index contributed by atoms with van der Waals surface area (Å²) in [5.74, 6) is -2.17. The van der Waals surface area contributed by atoms with E-state index in [9.17, 15) is 21.6 Å². The lowest BCUT2D eigenvalue weighted by atomic mass is 9.98. The van der Waals surface area contributed by atoms with Crippen LogP contribution in [0.2, 0.25) is 0 Å². The summed E-state index contributed by atoms with van der Waals surface area (Å²) in [6.07, 6.45) is -0.365. The van der Waals surface area contributed by atoms with Gasteiger partial charge in [0.2, 0.25) is 15.9 Å². The summed E-state index contributed by atoms with van der Waals surface area (Å²) in [4.78, 5) is 13.1. The molecule has 8 nitrogen and oxygen atoms in total. The number of aliphatic carboxylic acids is 1. The van der Waals surface area contributed by atoms with Crippen LogP contribution in [-0.2, 0) is 19.6 Å². The number of carboxylic acids is 1. The van der Waals surface area contributed by atoms with Crippen LogP contribution in [0, 0.1) is 0 Å². The molecule has 0 aromatic carbocycles. The van der Waals surface area contributed by atoms with E-state index in [0.717, 1.165) is 25.7 Å². The highest BCUT2D eigenvalue weighted by molar-refractivity contribution is 7.90. The molecule has 3 fully saturated rings. The molecule has 4 rings (SSSR count). The first-order valence-corrected chi connectivity index (χ1v) is 10.5. The maximum absolute atomic E-state index is 12.3. The molecule has 0 unspecified atom stereocenters. The molecule has 2 saturated heterocycles. The molecule has 3 aliphatic rings. The van der Waals surface area contributed by atoms with Gasteiger partial charge in [0, 0.05) is 31.8 Å². The maximum atomic E-state index is 12.3. The second-order valence-corrected chi connectivity index (χ2v) is 9.45. The van der Waals surface area contributed by atoms with Gasteiger partial charge in [-0.15, -0.1) is 0 Å². The number of halogens is 3. The Labute approximate surface area is 165 Å². The van der Waals surface area contributed by atoms with Crippen molar-refractivity contribution >= 4 is 16.0 Å². The average molecular weight is 438 g/mol. The molecule has 0 bridgehead atoms. The molecular weight excluding hydrogens is 417 g/mol. The number of ether oxygens (including phenoxy) is 2. The lowest BCUT2D eigenvalue weighted by Crippen LogP contribution is -2.37. The van der Waals surface area contributed by atoms with Gasteiger partial charge < -0.3 is 14.6 Å². The fourth-order valence-corrected chi connectivity index (χ4v) is 5.27. The number of pyridine rings is 1. The van der Waals surface area contributed by atoms with E-state index >= 15 is 0 Å². The standard InChI is InChI=1S/C15H20N2O4S.C2HF3O2/c18-22(19,13-4-5-13)17-8-6-15(11-17)9-12(10-20-15)21-14-3-1-2-7-16-14;3-2(4,5)1(6)7/h1-3,7,12-13H,4-6,8-11H2;(H,6,7)/t12-,15-;/m0./s1. The third-order valence-electron chi connectivity index (χ3n) is 4.93. The van der Waals surface area contributed by atoms with Crippen molar-refractivity contribution in [3.8, 4) is 5.88 Å². The Balaban J connectivity index is 0.000000298. The molecule has 1 aliphatic carbocycles. The monoisotopic (exact) mass is 438 g/mol. The van der Waals surface area contributed by atoms with Crippen LogP contribution in [0.15, 0.2) is 24.4 Å². The Morgan fingerprint density at radius 2 is 2.03 bits per heavy atom. The van der Waals surface area contributed by atoms with Crippen LogP contribution in [0.3, 0.4) is 0 Å². The molecule has 2 aliphatic heterocycles. The van der Waals surface area contributed by atoms with E-state index in [1.807, 2.05) is 18.2 Å². The Kier molecular flexibility index (Phi) is 6.06. The van der Waals surface area contributed by atoms with Crippen molar-refractivity contribution in [3.63, 3.8) is 0 Å². The molecule has 0 amide bonds. The van der Waals surface area contributed by atoms with Crippen molar-refractivity contribution in [1.29, 1.82) is 0 Å². The largest absolute Gasteiger partial charge is 0.490 e. The molecular formula is C17H21F3N2O6S. The highest BCUT2D eigenvalue weighted by atomic mass is 32.2. The summed E-state index contributed by atoms with van der Waals surface area (Å²) in [5.41, 5.74) is -0.374. The van der Waals surface area contributed by atoms with Gasteiger partial charge in [-0.2, -0.15) is 17.5 Å². The Hall–Kier alpha value is -1.92. The zero-order valence-corrected chi connectivity index (χ0v) is 16.2. The van der Waals surface area contributed by atoms with Crippen molar-refractivity contribution in [2.75, 3.05) is 19.7 Å². The number of nitrogens with zero attached hydrogens (tertiary/aromatic N) is 2. The molecule has 2 atom stereocenters. The number of hydrogen-bond donors (Lipinski definition) is 1. The van der Waals surface area contributed by atoms with Gasteiger partial charge in [-0.05, 0) is 25.3 Å². The predicted octanol–water partition coefficient (Wildman–Crippen LogP) is 1.82. The van der Waals surface area contributed by atoms with E-state index in [1.54, 1.807) is 10.5 Å². The molecule has 0 radical (unpaired) electrons. The minimum atomic E-state index is -5.08. The molecule has 1 spiro atoms. The summed E-state index contributed by atoms with van der Waals surface area (Å²) in [5, 5.41) is 6.98. The lowest BCUT2D eigenvalue weighted by molar-refractivity contribution is -0.192. The Morgan fingerprint density at radius 1 is 1.34 bits per heavy atom. The Bertz CT molecular complexity index is 831. The minimum Gasteiger partial charge on any atom is -0.475 e. The van der Waals surface area contributed by atoms with Crippen LogP contribution in [0.1, 0.15) is 25.7 Å². The first-order valence-electron chi connectivity index (χ1n) is 9.03. The van der Waals surface area contributed by atoms with Gasteiger partial charge in [0.15, 0.2) is 0 Å². The van der Waals surface area contributed by atoms with Gasteiger partial charge >= 0.3 is 12.1 Å². The quantitative estimate of drug-likeness (QED) is 0.764. The van der Waals surface area contributed by atoms with E-state index in [-0.39, 0.29) is 17.0 Å². The predicted molar refractivity (Wildman–Crippen MR) is 93.8 cm³/mol. The van der Waals surface area contributed by atoms with Crippen LogP contribution >= 0.6 is 0 Å². The van der Waals surface area contributed by atoms with Crippen molar-refractivity contribution in [1.82, 2.24) is 9.29 Å². The number of rotatable bonds is 4. The molecule has 29 heavy (non-hydrogen) atoms. The normalized spacial score (nSPS) is 27.5. The highest BCUT2D eigenvalue weighted by Crippen LogP contribution is 2.40. The fraction of sp³-hybridized carbons (Fsp3) is 0.647. The van der Waals surface area contributed by atoms with Crippen molar-refractivity contribution in [3.05, 3.63) is 24.4 Å². The second-order valence-electron chi connectivity index (χ2n) is 7.24. The van der Waals surface area contributed by atoms with E-state index in [0.29, 0.717) is 25.6 Å². The van der Waals surface area contributed by atoms with Crippen LogP contribution < -0.4 is 4.74 Å². The van der Waals surface area contributed by atoms with Crippen LogP contribution in [0.25, 0.3) is 0 Å². The van der Waals surface area contributed by atoms with E-state index in [2.05, 4.69) is 4.98 Å². The third kappa shape index (κ3) is 5.37. The Morgan fingerprint density at radius 3 is 2.59 bits per heavy atom. The van der Waals surface area contributed by atoms with Gasteiger partial charge in [-0.1, -0.05) is 6.07 Å². The average Bonchev–Trinajstić information content (AvgIpc) is 3.33. The van der Waals surface area contributed by atoms with Crippen LogP contribution in [0.5, 0.6) is 5.88 Å². The van der Waals surface area contributed by atoms with Crippen LogP contribution in [0.4, 0.5) is 13.2 Å². The summed E-state index contributed by atoms with van der Waals surface area (Å²) in [7, 11) is -3.11. The van der Waals surface area contributed by atoms with Gasteiger partial charge in [-0.25, -0.2) is 18.2 Å². The summed E-state index contributed by atoms with van der Waals surface area (Å²) in [6, 6.07) is 5.55. The molecule has 12 heteroatoms. The second kappa shape index (κ2) is 8.07. The molecule has 1 N–H and O–H groups in total. The zero-order chi connectivity index (χ0) is 21.3. The first-order chi connectivity index (χ1) is 13.5. The number of alkyl halides is 3. The van der Waals surface area contributed by atoms with Gasteiger partial charge in [0.25, 0.3) is 0 Å². The number of sulfonamides is 1. The smallest absolute Gasteiger partial charge is 0.475 e. The number of carbonyl (C=O) groups is 1. The number of carboxylic acid groups (broad SMARTS) is 1. The van der Waals surface area contributed by atoms with Crippen molar-refractivity contribution in [2.24, 2.45) is 0 Å². The van der Waals surface area contributed by atoms with Gasteiger partial charge in [0.05, 0.1) is 17.5 Å². The molecule has 1 aromatic heterocycles.